The molecule has 0 saturated carbocycles. The predicted molar refractivity (Wildman–Crippen MR) is 302 cm³/mol. The molecule has 0 saturated heterocycles. The number of hydrogen-bond donors (Lipinski definition) is 0. The fraction of sp³-hybridized carbons (Fsp3) is 0.121. The molecule has 15 rings (SSSR count). The van der Waals surface area contributed by atoms with Crippen LogP contribution < -0.4 is 26.2 Å². The number of furan rings is 2. The average Bonchev–Trinajstić information content (AvgIpc) is 3.96. The van der Waals surface area contributed by atoms with Crippen molar-refractivity contribution >= 4 is 144 Å². The first-order chi connectivity index (χ1) is 34.5. The number of fused-ring (bicyclic) bond motifs is 20. The van der Waals surface area contributed by atoms with E-state index in [1.807, 2.05) is 0 Å². The van der Waals surface area contributed by atoms with Gasteiger partial charge in [-0.05, 0) is 141 Å². The van der Waals surface area contributed by atoms with Crippen molar-refractivity contribution in [1.82, 2.24) is 0 Å². The minimum absolute atomic E-state index is 0.0856. The Morgan fingerprint density at radius 3 is 1.23 bits per heavy atom. The maximum Gasteiger partial charge on any atom is 0.262 e. The molecular weight excluding hydrogens is 864 g/mol. The van der Waals surface area contributed by atoms with Crippen LogP contribution in [0.1, 0.15) is 52.7 Å². The normalized spacial score (nSPS) is 13.7. The maximum atomic E-state index is 7.43. The highest BCUT2D eigenvalue weighted by atomic mass is 16.4. The van der Waals surface area contributed by atoms with Crippen LogP contribution in [-0.2, 0) is 10.8 Å². The molecule has 0 aliphatic carbocycles. The zero-order valence-electron chi connectivity index (χ0n) is 40.7. The van der Waals surface area contributed by atoms with E-state index in [1.54, 1.807) is 0 Å². The molecule has 71 heavy (non-hydrogen) atoms. The summed E-state index contributed by atoms with van der Waals surface area (Å²) < 4.78 is 14.8. The van der Waals surface area contributed by atoms with E-state index in [-0.39, 0.29) is 17.5 Å². The third-order valence-electron chi connectivity index (χ3n) is 15.9. The molecule has 0 unspecified atom stereocenters. The van der Waals surface area contributed by atoms with Gasteiger partial charge in [0.25, 0.3) is 6.71 Å². The second-order valence-electron chi connectivity index (χ2n) is 22.0. The molecule has 0 N–H and O–H groups in total. The Labute approximate surface area is 412 Å². The van der Waals surface area contributed by atoms with Crippen LogP contribution in [0.3, 0.4) is 0 Å². The average molecular weight is 913 g/mol. The smallest absolute Gasteiger partial charge is 0.262 e. The fourth-order valence-corrected chi connectivity index (χ4v) is 12.6. The monoisotopic (exact) mass is 912 g/mol. The lowest BCUT2D eigenvalue weighted by molar-refractivity contribution is 0.589. The molecule has 0 atom stereocenters. The Morgan fingerprint density at radius 2 is 0.718 bits per heavy atom. The van der Waals surface area contributed by atoms with Crippen LogP contribution in [0.2, 0.25) is 0 Å². The molecule has 4 nitrogen and oxygen atoms in total. The van der Waals surface area contributed by atoms with Crippen molar-refractivity contribution in [3.63, 3.8) is 0 Å². The maximum absolute atomic E-state index is 7.43. The summed E-state index contributed by atoms with van der Waals surface area (Å²) in [5.41, 5.74) is 12.0. The van der Waals surface area contributed by atoms with Gasteiger partial charge in [0, 0.05) is 44.1 Å². The summed E-state index contributed by atoms with van der Waals surface area (Å²) in [4.78, 5) is 4.87. The summed E-state index contributed by atoms with van der Waals surface area (Å²) >= 11 is 0. The molecule has 338 valence electrons. The highest BCUT2D eigenvalue weighted by Crippen LogP contribution is 2.51. The van der Waals surface area contributed by atoms with Crippen molar-refractivity contribution in [2.45, 2.75) is 52.4 Å². The van der Waals surface area contributed by atoms with Crippen molar-refractivity contribution in [2.75, 3.05) is 9.80 Å². The standard InChI is InChI=1S/C66H49BN2O2/c1-65(2,3)38-29-33-57-52(35-38)60-63(70-57)68(40-31-32-48-43-19-8-7-17-41(43)42-18-10-12-23-47(42)51(48)37-40)55-27-16-28-56-62(55)67(60)61-53-36-39(66(4,5)6)30-34-58(53)71-64(61)69(56)54-26-15-25-50-46-21-11-9-20-44(46)45-22-13-14-24-49(45)59(50)54/h7-37H,1-6H3. The first-order valence-corrected chi connectivity index (χ1v) is 25.0. The molecule has 0 radical (unpaired) electrons. The Balaban J connectivity index is 1.10. The van der Waals surface area contributed by atoms with E-state index >= 15 is 0 Å². The van der Waals surface area contributed by atoms with Crippen LogP contribution >= 0.6 is 0 Å². The van der Waals surface area contributed by atoms with Crippen molar-refractivity contribution < 1.29 is 8.83 Å². The summed E-state index contributed by atoms with van der Waals surface area (Å²) in [5.74, 6) is 1.68. The minimum atomic E-state index is -0.218. The zero-order chi connectivity index (χ0) is 47.7. The second kappa shape index (κ2) is 14.2. The van der Waals surface area contributed by atoms with Crippen molar-refractivity contribution in [3.8, 4) is 0 Å². The Morgan fingerprint density at radius 1 is 0.324 bits per heavy atom. The van der Waals surface area contributed by atoms with Crippen LogP contribution in [0.5, 0.6) is 0 Å². The Bertz CT molecular complexity index is 4390. The molecule has 2 aliphatic rings. The van der Waals surface area contributed by atoms with Gasteiger partial charge < -0.3 is 8.83 Å². The van der Waals surface area contributed by atoms with E-state index in [9.17, 15) is 0 Å². The lowest BCUT2D eigenvalue weighted by Crippen LogP contribution is -2.60. The van der Waals surface area contributed by atoms with Crippen LogP contribution in [-0.4, -0.2) is 6.71 Å². The molecule has 0 fully saturated rings. The molecule has 0 bridgehead atoms. The van der Waals surface area contributed by atoms with Crippen LogP contribution in [0.25, 0.3) is 86.6 Å². The Kier molecular flexibility index (Phi) is 8.10. The summed E-state index contributed by atoms with van der Waals surface area (Å²) in [6, 6.07) is 69.9. The van der Waals surface area contributed by atoms with E-state index in [0.29, 0.717) is 0 Å². The molecule has 2 aromatic heterocycles. The third kappa shape index (κ3) is 5.58. The van der Waals surface area contributed by atoms with Crippen LogP contribution in [0, 0.1) is 0 Å². The van der Waals surface area contributed by atoms with Crippen LogP contribution in [0.4, 0.5) is 34.5 Å². The van der Waals surface area contributed by atoms with E-state index in [4.69, 9.17) is 8.83 Å². The van der Waals surface area contributed by atoms with Gasteiger partial charge in [0.15, 0.2) is 0 Å². The highest BCUT2D eigenvalue weighted by molar-refractivity contribution is 7.02. The van der Waals surface area contributed by atoms with Crippen molar-refractivity contribution in [3.05, 3.63) is 199 Å². The van der Waals surface area contributed by atoms with Gasteiger partial charge in [-0.25, -0.2) is 0 Å². The van der Waals surface area contributed by atoms with Crippen LogP contribution in [0.15, 0.2) is 197 Å². The molecule has 4 heterocycles. The van der Waals surface area contributed by atoms with Gasteiger partial charge in [-0.2, -0.15) is 0 Å². The van der Waals surface area contributed by atoms with E-state index in [1.165, 1.54) is 81.2 Å². The number of nitrogens with zero attached hydrogens (tertiary/aromatic N) is 2. The molecule has 13 aromatic rings. The van der Waals surface area contributed by atoms with E-state index in [0.717, 1.165) is 67.4 Å². The third-order valence-corrected chi connectivity index (χ3v) is 15.9. The number of hydrogen-bond acceptors (Lipinski definition) is 4. The number of rotatable bonds is 2. The topological polar surface area (TPSA) is 32.8 Å². The largest absolute Gasteiger partial charge is 0.440 e. The second-order valence-corrected chi connectivity index (χ2v) is 22.0. The van der Waals surface area contributed by atoms with Gasteiger partial charge in [0.2, 0.25) is 11.8 Å². The first kappa shape index (κ1) is 40.6. The molecule has 0 amide bonds. The lowest BCUT2D eigenvalue weighted by atomic mass is 9.33. The summed E-state index contributed by atoms with van der Waals surface area (Å²) in [6.07, 6.45) is 0. The summed E-state index contributed by atoms with van der Waals surface area (Å²) in [6.45, 7) is 13.6. The molecule has 2 aliphatic heterocycles. The fourth-order valence-electron chi connectivity index (χ4n) is 12.6. The summed E-state index contributed by atoms with van der Waals surface area (Å²) in [5, 5.41) is 17.1. The van der Waals surface area contributed by atoms with E-state index < -0.39 is 0 Å². The first-order valence-electron chi connectivity index (χ1n) is 25.0. The number of anilines is 6. The SMILES string of the molecule is CC(C)(C)c1ccc2oc3c(c2c1)B1c2c(cccc2N(c2cccc4c5ccccc5c5ccccc5c24)c2oc4ccc(C(C)(C)C)cc4c21)N3c1ccc2c3ccccc3c3ccccc3c2c1. The van der Waals surface area contributed by atoms with E-state index in [2.05, 4.69) is 239 Å². The quantitative estimate of drug-likeness (QED) is 0.128. The van der Waals surface area contributed by atoms with Crippen molar-refractivity contribution in [2.24, 2.45) is 0 Å². The molecular formula is C66H49BN2O2. The predicted octanol–water partition coefficient (Wildman–Crippen LogP) is 16.8. The zero-order valence-corrected chi connectivity index (χ0v) is 40.7. The van der Waals surface area contributed by atoms with Gasteiger partial charge in [-0.3, -0.25) is 9.80 Å². The molecule has 5 heteroatoms. The highest BCUT2D eigenvalue weighted by Gasteiger charge is 2.49. The van der Waals surface area contributed by atoms with Gasteiger partial charge in [0.1, 0.15) is 11.2 Å². The van der Waals surface area contributed by atoms with Gasteiger partial charge in [-0.1, -0.05) is 175 Å². The Hall–Kier alpha value is -8.28. The minimum Gasteiger partial charge on any atom is -0.440 e. The molecule has 0 spiro atoms. The van der Waals surface area contributed by atoms with Gasteiger partial charge >= 0.3 is 0 Å². The number of benzene rings is 11. The van der Waals surface area contributed by atoms with Crippen molar-refractivity contribution in [1.29, 1.82) is 0 Å². The van der Waals surface area contributed by atoms with Gasteiger partial charge in [-0.15, -0.1) is 0 Å². The lowest BCUT2D eigenvalue weighted by Gasteiger charge is -2.40. The summed E-state index contributed by atoms with van der Waals surface area (Å²) in [7, 11) is 0. The molecule has 11 aromatic carbocycles. The van der Waals surface area contributed by atoms with Gasteiger partial charge in [0.05, 0.1) is 5.69 Å².